The molecule has 1 fully saturated rings. The molecular formula is C16H28N4. The molecule has 2 aliphatic rings. The van der Waals surface area contributed by atoms with Crippen LogP contribution in [0.1, 0.15) is 51.7 Å². The largest absolute Gasteiger partial charge is 0.315 e. The Balaban J connectivity index is 1.66. The second-order valence-electron chi connectivity index (χ2n) is 7.08. The van der Waals surface area contributed by atoms with Crippen LogP contribution in [-0.4, -0.2) is 38.8 Å². The lowest BCUT2D eigenvalue weighted by atomic mass is 9.93. The van der Waals surface area contributed by atoms with E-state index in [0.29, 0.717) is 6.04 Å². The molecule has 0 N–H and O–H groups in total. The third-order valence-electron chi connectivity index (χ3n) is 5.03. The summed E-state index contributed by atoms with van der Waals surface area (Å²) in [5, 5.41) is 8.92. The van der Waals surface area contributed by atoms with Crippen LogP contribution >= 0.6 is 0 Å². The summed E-state index contributed by atoms with van der Waals surface area (Å²) in [7, 11) is 0. The minimum Gasteiger partial charge on any atom is -0.315 e. The zero-order valence-electron chi connectivity index (χ0n) is 13.2. The fourth-order valence-corrected chi connectivity index (χ4v) is 3.69. The Labute approximate surface area is 122 Å². The highest BCUT2D eigenvalue weighted by molar-refractivity contribution is 5.01. The molecule has 2 aliphatic heterocycles. The fraction of sp³-hybridized carbons (Fsp3) is 0.875. The van der Waals surface area contributed by atoms with Gasteiger partial charge in [-0.1, -0.05) is 6.92 Å². The van der Waals surface area contributed by atoms with Crippen molar-refractivity contribution in [2.75, 3.05) is 13.1 Å². The highest BCUT2D eigenvalue weighted by Crippen LogP contribution is 2.24. The van der Waals surface area contributed by atoms with Gasteiger partial charge in [-0.15, -0.1) is 10.2 Å². The highest BCUT2D eigenvalue weighted by Gasteiger charge is 2.25. The highest BCUT2D eigenvalue weighted by atomic mass is 15.3. The molecule has 0 radical (unpaired) electrons. The molecule has 1 saturated heterocycles. The van der Waals surface area contributed by atoms with Crippen LogP contribution in [0.15, 0.2) is 0 Å². The summed E-state index contributed by atoms with van der Waals surface area (Å²) in [4.78, 5) is 2.61. The number of aromatic nitrogens is 3. The average Bonchev–Trinajstić information content (AvgIpc) is 2.81. The van der Waals surface area contributed by atoms with Crippen molar-refractivity contribution in [3.05, 3.63) is 11.6 Å². The van der Waals surface area contributed by atoms with Crippen LogP contribution in [-0.2, 0) is 19.4 Å². The van der Waals surface area contributed by atoms with Crippen molar-refractivity contribution in [3.8, 4) is 0 Å². The van der Waals surface area contributed by atoms with Crippen LogP contribution in [0, 0.1) is 11.8 Å². The number of hydrogen-bond donors (Lipinski definition) is 0. The molecule has 2 unspecified atom stereocenters. The second kappa shape index (κ2) is 5.84. The zero-order chi connectivity index (χ0) is 14.1. The van der Waals surface area contributed by atoms with E-state index in [-0.39, 0.29) is 0 Å². The first-order chi connectivity index (χ1) is 9.63. The number of rotatable bonds is 3. The molecule has 112 valence electrons. The summed E-state index contributed by atoms with van der Waals surface area (Å²) in [6.45, 7) is 10.6. The molecule has 0 aromatic carbocycles. The van der Waals surface area contributed by atoms with Crippen molar-refractivity contribution in [3.63, 3.8) is 0 Å². The Hall–Kier alpha value is -0.900. The molecule has 3 rings (SSSR count). The Kier molecular flexibility index (Phi) is 4.11. The number of piperidine rings is 1. The maximum Gasteiger partial charge on any atom is 0.133 e. The number of nitrogens with zero attached hydrogens (tertiary/aromatic N) is 4. The van der Waals surface area contributed by atoms with Crippen LogP contribution in [0.4, 0.5) is 0 Å². The predicted octanol–water partition coefficient (Wildman–Crippen LogP) is 2.52. The van der Waals surface area contributed by atoms with Crippen LogP contribution in [0.5, 0.6) is 0 Å². The van der Waals surface area contributed by atoms with E-state index in [1.807, 2.05) is 0 Å². The maximum absolute atomic E-state index is 4.49. The molecule has 0 bridgehead atoms. The van der Waals surface area contributed by atoms with Gasteiger partial charge in [0.05, 0.1) is 0 Å². The molecule has 4 heteroatoms. The van der Waals surface area contributed by atoms with Gasteiger partial charge in [-0.2, -0.15) is 0 Å². The summed E-state index contributed by atoms with van der Waals surface area (Å²) in [6.07, 6.45) is 6.18. The Morgan fingerprint density at radius 3 is 2.85 bits per heavy atom. The lowest BCUT2D eigenvalue weighted by Crippen LogP contribution is -2.40. The normalized spacial score (nSPS) is 27.8. The Bertz CT molecular complexity index is 451. The first kappa shape index (κ1) is 14.1. The quantitative estimate of drug-likeness (QED) is 0.850. The Morgan fingerprint density at radius 1 is 1.20 bits per heavy atom. The minimum absolute atomic E-state index is 0.672. The van der Waals surface area contributed by atoms with Crippen LogP contribution in [0.3, 0.4) is 0 Å². The van der Waals surface area contributed by atoms with Gasteiger partial charge in [-0.25, -0.2) is 0 Å². The Morgan fingerprint density at radius 2 is 2.05 bits per heavy atom. The lowest BCUT2D eigenvalue weighted by Gasteiger charge is -2.35. The smallest absolute Gasteiger partial charge is 0.133 e. The molecular weight excluding hydrogens is 248 g/mol. The van der Waals surface area contributed by atoms with Gasteiger partial charge in [0.1, 0.15) is 11.6 Å². The van der Waals surface area contributed by atoms with E-state index >= 15 is 0 Å². The lowest BCUT2D eigenvalue weighted by molar-refractivity contribution is 0.138. The van der Waals surface area contributed by atoms with E-state index in [9.17, 15) is 0 Å². The van der Waals surface area contributed by atoms with Gasteiger partial charge in [-0.05, 0) is 51.5 Å². The van der Waals surface area contributed by atoms with Gasteiger partial charge in [0.2, 0.25) is 0 Å². The van der Waals surface area contributed by atoms with Crippen molar-refractivity contribution >= 4 is 0 Å². The van der Waals surface area contributed by atoms with Crippen molar-refractivity contribution in [1.29, 1.82) is 0 Å². The van der Waals surface area contributed by atoms with Crippen molar-refractivity contribution in [2.45, 2.75) is 65.5 Å². The zero-order valence-corrected chi connectivity index (χ0v) is 13.2. The molecule has 3 heterocycles. The van der Waals surface area contributed by atoms with Gasteiger partial charge in [-0.3, -0.25) is 0 Å². The monoisotopic (exact) mass is 276 g/mol. The predicted molar refractivity (Wildman–Crippen MR) is 80.6 cm³/mol. The maximum atomic E-state index is 4.49. The van der Waals surface area contributed by atoms with E-state index in [1.165, 1.54) is 44.0 Å². The molecule has 0 spiro atoms. The summed E-state index contributed by atoms with van der Waals surface area (Å²) in [5.41, 5.74) is 0. The van der Waals surface area contributed by atoms with Crippen LogP contribution in [0.25, 0.3) is 0 Å². The molecule has 2 atom stereocenters. The summed E-state index contributed by atoms with van der Waals surface area (Å²) in [5.74, 6) is 3.99. The third-order valence-corrected chi connectivity index (χ3v) is 5.03. The third kappa shape index (κ3) is 2.90. The summed E-state index contributed by atoms with van der Waals surface area (Å²) >= 11 is 0. The van der Waals surface area contributed by atoms with Gasteiger partial charge in [0.25, 0.3) is 0 Å². The topological polar surface area (TPSA) is 34.0 Å². The molecule has 20 heavy (non-hydrogen) atoms. The average molecular weight is 276 g/mol. The molecule has 0 aliphatic carbocycles. The van der Waals surface area contributed by atoms with Crippen molar-refractivity contribution in [1.82, 2.24) is 19.7 Å². The molecule has 1 aromatic heterocycles. The van der Waals surface area contributed by atoms with Gasteiger partial charge >= 0.3 is 0 Å². The molecule has 4 nitrogen and oxygen atoms in total. The fourth-order valence-electron chi connectivity index (χ4n) is 3.69. The van der Waals surface area contributed by atoms with E-state index in [0.717, 1.165) is 31.2 Å². The number of fused-ring (bicyclic) bond motifs is 1. The minimum atomic E-state index is 0.672. The van der Waals surface area contributed by atoms with E-state index < -0.39 is 0 Å². The number of hydrogen-bond acceptors (Lipinski definition) is 3. The van der Waals surface area contributed by atoms with E-state index in [2.05, 4.69) is 40.4 Å². The van der Waals surface area contributed by atoms with Gasteiger partial charge < -0.3 is 9.47 Å². The molecule has 0 saturated carbocycles. The molecule has 1 aromatic rings. The van der Waals surface area contributed by atoms with Crippen LogP contribution in [0.2, 0.25) is 0 Å². The van der Waals surface area contributed by atoms with E-state index in [4.69, 9.17) is 0 Å². The first-order valence-electron chi connectivity index (χ1n) is 8.28. The van der Waals surface area contributed by atoms with Crippen molar-refractivity contribution in [2.24, 2.45) is 11.8 Å². The van der Waals surface area contributed by atoms with Crippen LogP contribution < -0.4 is 0 Å². The summed E-state index contributed by atoms with van der Waals surface area (Å²) in [6, 6.07) is 0.672. The van der Waals surface area contributed by atoms with E-state index in [1.54, 1.807) is 0 Å². The SMILES string of the molecule is CC1CCn2c(nnc2CC2CCCN(C(C)C)C2)C1. The second-order valence-corrected chi connectivity index (χ2v) is 7.08. The molecule has 0 amide bonds. The number of likely N-dealkylation sites (tertiary alicyclic amines) is 1. The summed E-state index contributed by atoms with van der Waals surface area (Å²) < 4.78 is 2.40. The first-order valence-corrected chi connectivity index (χ1v) is 8.28. The standard InChI is InChI=1S/C16H28N4/c1-12(2)19-7-4-5-14(11-19)10-16-18-17-15-9-13(3)6-8-20(15)16/h12-14H,4-11H2,1-3H3. The van der Waals surface area contributed by atoms with Crippen molar-refractivity contribution < 1.29 is 0 Å². The van der Waals surface area contributed by atoms with Gasteiger partial charge in [0, 0.05) is 32.0 Å². The van der Waals surface area contributed by atoms with Gasteiger partial charge in [0.15, 0.2) is 0 Å².